The molecular weight excluding hydrogens is 342 g/mol. The number of methoxy groups -OCH3 is 1. The van der Waals surface area contributed by atoms with Crippen LogP contribution in [0.15, 0.2) is 24.3 Å². The summed E-state index contributed by atoms with van der Waals surface area (Å²) < 4.78 is 12.3. The molecule has 1 aromatic carbocycles. The minimum absolute atomic E-state index is 0.538. The number of aryl methyl sites for hydroxylation is 2. The predicted molar refractivity (Wildman–Crippen MR) is 105 cm³/mol. The van der Waals surface area contributed by atoms with Crippen LogP contribution in [-0.4, -0.2) is 33.6 Å². The van der Waals surface area contributed by atoms with Gasteiger partial charge < -0.3 is 9.47 Å². The molecule has 0 radical (unpaired) electrons. The van der Waals surface area contributed by atoms with Crippen LogP contribution >= 0.6 is 0 Å². The van der Waals surface area contributed by atoms with Crippen LogP contribution in [0.25, 0.3) is 22.3 Å². The van der Waals surface area contributed by atoms with E-state index in [4.69, 9.17) is 14.5 Å². The summed E-state index contributed by atoms with van der Waals surface area (Å²) in [6.07, 6.45) is -0.538. The predicted octanol–water partition coefficient (Wildman–Crippen LogP) is 4.82. The summed E-state index contributed by atoms with van der Waals surface area (Å²) in [6, 6.07) is 7.88. The molecule has 0 aliphatic rings. The van der Waals surface area contributed by atoms with E-state index in [0.29, 0.717) is 22.5 Å². The van der Waals surface area contributed by atoms with Gasteiger partial charge in [0.25, 0.3) is 0 Å². The average molecular weight is 367 g/mol. The number of pyridine rings is 1. The summed E-state index contributed by atoms with van der Waals surface area (Å²) in [4.78, 5) is 17.4. The van der Waals surface area contributed by atoms with Crippen LogP contribution in [0.2, 0.25) is 0 Å². The van der Waals surface area contributed by atoms with Crippen molar-refractivity contribution in [1.82, 2.24) is 14.8 Å². The van der Waals surface area contributed by atoms with Gasteiger partial charge in [0.1, 0.15) is 28.1 Å². The van der Waals surface area contributed by atoms with Crippen molar-refractivity contribution in [3.05, 3.63) is 41.1 Å². The Morgan fingerprint density at radius 3 is 2.48 bits per heavy atom. The maximum atomic E-state index is 12.6. The summed E-state index contributed by atoms with van der Waals surface area (Å²) in [5, 5.41) is 4.35. The molecule has 3 rings (SSSR count). The highest BCUT2D eigenvalue weighted by molar-refractivity contribution is 5.91. The van der Waals surface area contributed by atoms with E-state index in [1.165, 1.54) is 10.2 Å². The summed E-state index contributed by atoms with van der Waals surface area (Å²) in [5.74, 6) is 0.584. The molecule has 0 saturated carbocycles. The zero-order valence-corrected chi connectivity index (χ0v) is 16.9. The molecular formula is C21H25N3O3. The second kappa shape index (κ2) is 6.68. The fourth-order valence-electron chi connectivity index (χ4n) is 2.96. The highest BCUT2D eigenvalue weighted by atomic mass is 16.6. The second-order valence-electron chi connectivity index (χ2n) is 7.63. The third kappa shape index (κ3) is 3.52. The molecule has 2 aromatic heterocycles. The lowest BCUT2D eigenvalue weighted by atomic mass is 10.00. The number of carbonyl (C=O) groups excluding carboxylic acids is 1. The van der Waals surface area contributed by atoms with Gasteiger partial charge in [-0.2, -0.15) is 9.78 Å². The molecule has 27 heavy (non-hydrogen) atoms. The first kappa shape index (κ1) is 18.9. The molecule has 0 amide bonds. The van der Waals surface area contributed by atoms with E-state index in [2.05, 4.69) is 25.0 Å². The monoisotopic (exact) mass is 367 g/mol. The lowest BCUT2D eigenvalue weighted by Crippen LogP contribution is -2.27. The molecule has 6 heteroatoms. The van der Waals surface area contributed by atoms with Crippen LogP contribution in [0.1, 0.15) is 37.6 Å². The zero-order valence-electron chi connectivity index (χ0n) is 16.9. The van der Waals surface area contributed by atoms with Gasteiger partial charge in [0.05, 0.1) is 12.8 Å². The van der Waals surface area contributed by atoms with Crippen molar-refractivity contribution in [1.29, 1.82) is 0 Å². The fourth-order valence-corrected chi connectivity index (χ4v) is 2.96. The highest BCUT2D eigenvalue weighted by Gasteiger charge is 2.24. The van der Waals surface area contributed by atoms with Crippen molar-refractivity contribution < 1.29 is 14.3 Å². The first-order valence-corrected chi connectivity index (χ1v) is 8.86. The van der Waals surface area contributed by atoms with E-state index in [-0.39, 0.29) is 0 Å². The quantitative estimate of drug-likeness (QED) is 0.650. The molecule has 142 valence electrons. The molecule has 0 aliphatic carbocycles. The van der Waals surface area contributed by atoms with Gasteiger partial charge in [-0.1, -0.05) is 18.2 Å². The lowest BCUT2D eigenvalue weighted by Gasteiger charge is -2.19. The minimum atomic E-state index is -0.612. The van der Waals surface area contributed by atoms with E-state index >= 15 is 0 Å². The summed E-state index contributed by atoms with van der Waals surface area (Å²) in [7, 11) is 1.60. The fraction of sp³-hybridized carbons (Fsp3) is 0.381. The number of aromatic nitrogens is 3. The Morgan fingerprint density at radius 1 is 1.15 bits per heavy atom. The average Bonchev–Trinajstić information content (AvgIpc) is 2.91. The van der Waals surface area contributed by atoms with Crippen LogP contribution in [0.4, 0.5) is 4.79 Å². The number of hydrogen-bond donors (Lipinski definition) is 0. The van der Waals surface area contributed by atoms with Crippen molar-refractivity contribution in [3.8, 4) is 17.0 Å². The van der Waals surface area contributed by atoms with Gasteiger partial charge in [0.2, 0.25) is 0 Å². The molecule has 2 heterocycles. The van der Waals surface area contributed by atoms with Gasteiger partial charge in [-0.05, 0) is 52.7 Å². The number of nitrogens with zero attached hydrogens (tertiary/aromatic N) is 3. The molecule has 6 nitrogen and oxygen atoms in total. The highest BCUT2D eigenvalue weighted by Crippen LogP contribution is 2.35. The van der Waals surface area contributed by atoms with Gasteiger partial charge in [-0.3, -0.25) is 0 Å². The van der Waals surface area contributed by atoms with Crippen LogP contribution < -0.4 is 4.74 Å². The number of ether oxygens (including phenoxy) is 2. The van der Waals surface area contributed by atoms with Crippen molar-refractivity contribution in [2.45, 2.75) is 47.1 Å². The summed E-state index contributed by atoms with van der Waals surface area (Å²) >= 11 is 0. The Balaban J connectivity index is 2.22. The third-order valence-electron chi connectivity index (χ3n) is 4.43. The van der Waals surface area contributed by atoms with Gasteiger partial charge >= 0.3 is 6.09 Å². The first-order valence-electron chi connectivity index (χ1n) is 8.86. The summed E-state index contributed by atoms with van der Waals surface area (Å²) in [6.45, 7) is 11.4. The SMILES string of the molecule is COc1cc2c(nc1-c1cccc(C)c1C)c(C)nn2C(=O)OC(C)(C)C. The molecule has 0 N–H and O–H groups in total. The number of hydrogen-bond acceptors (Lipinski definition) is 5. The molecule has 0 atom stereocenters. The van der Waals surface area contributed by atoms with Crippen LogP contribution in [-0.2, 0) is 4.74 Å². The van der Waals surface area contributed by atoms with E-state index in [9.17, 15) is 4.79 Å². The zero-order chi connectivity index (χ0) is 19.9. The van der Waals surface area contributed by atoms with Crippen LogP contribution in [0.3, 0.4) is 0 Å². The Morgan fingerprint density at radius 2 is 1.85 bits per heavy atom. The maximum absolute atomic E-state index is 12.6. The Hall–Kier alpha value is -2.89. The molecule has 0 bridgehead atoms. The Bertz CT molecular complexity index is 1030. The summed E-state index contributed by atoms with van der Waals surface area (Å²) in [5.41, 5.74) is 5.31. The van der Waals surface area contributed by atoms with Gasteiger partial charge in [0, 0.05) is 11.6 Å². The number of fused-ring (bicyclic) bond motifs is 1. The van der Waals surface area contributed by atoms with Gasteiger partial charge in [-0.25, -0.2) is 9.78 Å². The van der Waals surface area contributed by atoms with Crippen molar-refractivity contribution in [3.63, 3.8) is 0 Å². The van der Waals surface area contributed by atoms with E-state index in [1.54, 1.807) is 13.2 Å². The first-order chi connectivity index (χ1) is 12.6. The smallest absolute Gasteiger partial charge is 0.435 e. The van der Waals surface area contributed by atoms with E-state index in [1.807, 2.05) is 39.8 Å². The van der Waals surface area contributed by atoms with E-state index < -0.39 is 11.7 Å². The molecule has 0 aliphatic heterocycles. The minimum Gasteiger partial charge on any atom is -0.494 e. The number of benzene rings is 1. The van der Waals surface area contributed by atoms with Crippen molar-refractivity contribution in [2.24, 2.45) is 0 Å². The topological polar surface area (TPSA) is 66.2 Å². The second-order valence-corrected chi connectivity index (χ2v) is 7.63. The molecule has 0 fully saturated rings. The Kier molecular flexibility index (Phi) is 4.68. The normalized spacial score (nSPS) is 11.7. The molecule has 0 spiro atoms. The Labute approximate surface area is 159 Å². The van der Waals surface area contributed by atoms with Crippen molar-refractivity contribution >= 4 is 17.1 Å². The molecule has 0 saturated heterocycles. The van der Waals surface area contributed by atoms with Crippen LogP contribution in [0.5, 0.6) is 5.75 Å². The van der Waals surface area contributed by atoms with Gasteiger partial charge in [-0.15, -0.1) is 0 Å². The maximum Gasteiger partial charge on any atom is 0.435 e. The number of carbonyl (C=O) groups is 1. The van der Waals surface area contributed by atoms with Crippen molar-refractivity contribution in [2.75, 3.05) is 7.11 Å². The number of rotatable bonds is 2. The largest absolute Gasteiger partial charge is 0.494 e. The van der Waals surface area contributed by atoms with E-state index in [0.717, 1.165) is 16.8 Å². The standard InChI is InChI=1S/C21H25N3O3/c1-12-9-8-10-15(13(12)2)19-17(26-7)11-16-18(22-19)14(3)23-24(16)20(25)27-21(4,5)6/h8-11H,1-7H3. The molecule has 3 aromatic rings. The third-order valence-corrected chi connectivity index (χ3v) is 4.43. The van der Waals surface area contributed by atoms with Gasteiger partial charge in [0.15, 0.2) is 0 Å². The molecule has 0 unspecified atom stereocenters. The van der Waals surface area contributed by atoms with Crippen LogP contribution in [0, 0.1) is 20.8 Å². The lowest BCUT2D eigenvalue weighted by molar-refractivity contribution is 0.0522.